The molecule has 124 valence electrons. The molecule has 2 heterocycles. The number of hydrogen-bond donors (Lipinski definition) is 2. The van der Waals surface area contributed by atoms with Crippen molar-refractivity contribution in [2.24, 2.45) is 5.10 Å². The SMILES string of the molecule is O=C1CCC(C(=O)NCCC(c2ccccc2)c2ccco2)=NN1. The van der Waals surface area contributed by atoms with E-state index in [9.17, 15) is 9.59 Å². The molecule has 1 atom stereocenters. The molecule has 0 bridgehead atoms. The molecule has 3 rings (SSSR count). The molecule has 6 nitrogen and oxygen atoms in total. The largest absolute Gasteiger partial charge is 0.469 e. The maximum Gasteiger partial charge on any atom is 0.267 e. The van der Waals surface area contributed by atoms with Crippen molar-refractivity contribution in [3.05, 3.63) is 60.1 Å². The lowest BCUT2D eigenvalue weighted by Gasteiger charge is -2.16. The minimum Gasteiger partial charge on any atom is -0.469 e. The van der Waals surface area contributed by atoms with Gasteiger partial charge in [0.25, 0.3) is 5.91 Å². The summed E-state index contributed by atoms with van der Waals surface area (Å²) in [6.07, 6.45) is 3.04. The van der Waals surface area contributed by atoms with Crippen molar-refractivity contribution in [2.75, 3.05) is 6.54 Å². The fourth-order valence-corrected chi connectivity index (χ4v) is 2.72. The van der Waals surface area contributed by atoms with Gasteiger partial charge < -0.3 is 9.73 Å². The molecule has 6 heteroatoms. The van der Waals surface area contributed by atoms with Gasteiger partial charge in [-0.2, -0.15) is 5.10 Å². The summed E-state index contributed by atoms with van der Waals surface area (Å²) >= 11 is 0. The van der Waals surface area contributed by atoms with Gasteiger partial charge in [-0.25, -0.2) is 5.43 Å². The van der Waals surface area contributed by atoms with E-state index in [1.165, 1.54) is 0 Å². The number of carbonyl (C=O) groups excluding carboxylic acids is 2. The molecule has 0 aliphatic carbocycles. The molecule has 2 amide bonds. The summed E-state index contributed by atoms with van der Waals surface area (Å²) < 4.78 is 5.55. The molecule has 0 saturated carbocycles. The van der Waals surface area contributed by atoms with Crippen molar-refractivity contribution < 1.29 is 14.0 Å². The number of rotatable bonds is 6. The van der Waals surface area contributed by atoms with Crippen LogP contribution in [-0.4, -0.2) is 24.1 Å². The second-order valence-electron chi connectivity index (χ2n) is 5.62. The standard InChI is InChI=1S/C18H19N3O3/c22-17-9-8-15(20-21-17)18(23)19-11-10-14(16-7-4-12-24-16)13-5-2-1-3-6-13/h1-7,12,14H,8-11H2,(H,19,23)(H,21,22). The summed E-state index contributed by atoms with van der Waals surface area (Å²) in [6.45, 7) is 0.492. The first-order valence-electron chi connectivity index (χ1n) is 7.96. The highest BCUT2D eigenvalue weighted by Gasteiger charge is 2.20. The Morgan fingerprint density at radius 3 is 2.71 bits per heavy atom. The molecule has 0 saturated heterocycles. The number of hydrogen-bond acceptors (Lipinski definition) is 4. The quantitative estimate of drug-likeness (QED) is 0.854. The van der Waals surface area contributed by atoms with E-state index in [2.05, 4.69) is 28.0 Å². The van der Waals surface area contributed by atoms with Crippen LogP contribution in [0, 0.1) is 0 Å². The monoisotopic (exact) mass is 325 g/mol. The molecule has 2 N–H and O–H groups in total. The van der Waals surface area contributed by atoms with Crippen LogP contribution in [0.15, 0.2) is 58.2 Å². The van der Waals surface area contributed by atoms with Crippen LogP contribution >= 0.6 is 0 Å². The number of furan rings is 1. The first-order valence-corrected chi connectivity index (χ1v) is 7.96. The predicted molar refractivity (Wildman–Crippen MR) is 89.4 cm³/mol. The third-order valence-corrected chi connectivity index (χ3v) is 3.97. The lowest BCUT2D eigenvalue weighted by atomic mass is 9.93. The lowest BCUT2D eigenvalue weighted by molar-refractivity contribution is -0.121. The van der Waals surface area contributed by atoms with Crippen molar-refractivity contribution in [3.63, 3.8) is 0 Å². The zero-order valence-corrected chi connectivity index (χ0v) is 13.2. The fraction of sp³-hybridized carbons (Fsp3) is 0.278. The summed E-state index contributed by atoms with van der Waals surface area (Å²) in [6, 6.07) is 13.9. The highest BCUT2D eigenvalue weighted by atomic mass is 16.3. The van der Waals surface area contributed by atoms with Gasteiger partial charge in [0.1, 0.15) is 11.5 Å². The molecule has 24 heavy (non-hydrogen) atoms. The van der Waals surface area contributed by atoms with Crippen LogP contribution in [0.25, 0.3) is 0 Å². The number of nitrogens with zero attached hydrogens (tertiary/aromatic N) is 1. The van der Waals surface area contributed by atoms with Crippen LogP contribution in [0.3, 0.4) is 0 Å². The Kier molecular flexibility index (Phi) is 5.05. The van der Waals surface area contributed by atoms with Crippen LogP contribution in [0.4, 0.5) is 0 Å². The molecular weight excluding hydrogens is 306 g/mol. The summed E-state index contributed by atoms with van der Waals surface area (Å²) in [5, 5.41) is 6.67. The summed E-state index contributed by atoms with van der Waals surface area (Å²) in [4.78, 5) is 23.2. The third-order valence-electron chi connectivity index (χ3n) is 3.97. The average Bonchev–Trinajstić information content (AvgIpc) is 3.14. The number of benzene rings is 1. The van der Waals surface area contributed by atoms with E-state index in [0.29, 0.717) is 31.5 Å². The summed E-state index contributed by atoms with van der Waals surface area (Å²) in [5.41, 5.74) is 3.84. The summed E-state index contributed by atoms with van der Waals surface area (Å²) in [5.74, 6) is 0.557. The minimum atomic E-state index is -0.235. The van der Waals surface area contributed by atoms with E-state index in [4.69, 9.17) is 4.42 Å². The first kappa shape index (κ1) is 16.0. The van der Waals surface area contributed by atoms with Gasteiger partial charge in [0.15, 0.2) is 0 Å². The van der Waals surface area contributed by atoms with Gasteiger partial charge in [-0.05, 0) is 24.1 Å². The third kappa shape index (κ3) is 3.90. The van der Waals surface area contributed by atoms with E-state index in [0.717, 1.165) is 11.3 Å². The normalized spacial score (nSPS) is 15.3. The Bertz CT molecular complexity index is 723. The maximum atomic E-state index is 12.1. The van der Waals surface area contributed by atoms with Crippen molar-refractivity contribution in [1.29, 1.82) is 0 Å². The van der Waals surface area contributed by atoms with Crippen LogP contribution in [-0.2, 0) is 9.59 Å². The molecule has 1 unspecified atom stereocenters. The summed E-state index contributed by atoms with van der Waals surface area (Å²) in [7, 11) is 0. The Morgan fingerprint density at radius 2 is 2.04 bits per heavy atom. The van der Waals surface area contributed by atoms with Crippen LogP contribution in [0.2, 0.25) is 0 Å². The van der Waals surface area contributed by atoms with Crippen molar-refractivity contribution in [3.8, 4) is 0 Å². The van der Waals surface area contributed by atoms with Crippen LogP contribution in [0.1, 0.15) is 36.5 Å². The molecule has 1 aliphatic heterocycles. The molecule has 2 aromatic rings. The second-order valence-corrected chi connectivity index (χ2v) is 5.62. The van der Waals surface area contributed by atoms with E-state index in [1.807, 2.05) is 30.3 Å². The topological polar surface area (TPSA) is 83.7 Å². The number of nitrogens with one attached hydrogen (secondary N) is 2. The Morgan fingerprint density at radius 1 is 1.21 bits per heavy atom. The smallest absolute Gasteiger partial charge is 0.267 e. The number of amides is 2. The van der Waals surface area contributed by atoms with Crippen LogP contribution in [0.5, 0.6) is 0 Å². The van der Waals surface area contributed by atoms with Gasteiger partial charge in [0.2, 0.25) is 5.91 Å². The van der Waals surface area contributed by atoms with E-state index in [-0.39, 0.29) is 17.7 Å². The van der Waals surface area contributed by atoms with Crippen molar-refractivity contribution >= 4 is 17.5 Å². The predicted octanol–water partition coefficient (Wildman–Crippen LogP) is 2.18. The van der Waals surface area contributed by atoms with Gasteiger partial charge in [-0.1, -0.05) is 30.3 Å². The van der Waals surface area contributed by atoms with Gasteiger partial charge in [-0.15, -0.1) is 0 Å². The van der Waals surface area contributed by atoms with E-state index < -0.39 is 0 Å². The molecule has 0 spiro atoms. The molecular formula is C18H19N3O3. The Hall–Kier alpha value is -2.89. The highest BCUT2D eigenvalue weighted by Crippen LogP contribution is 2.27. The van der Waals surface area contributed by atoms with Gasteiger partial charge >= 0.3 is 0 Å². The zero-order chi connectivity index (χ0) is 16.8. The number of hydrazone groups is 1. The molecule has 0 radical (unpaired) electrons. The molecule has 1 aliphatic rings. The van der Waals surface area contributed by atoms with E-state index >= 15 is 0 Å². The highest BCUT2D eigenvalue weighted by molar-refractivity contribution is 6.39. The van der Waals surface area contributed by atoms with Gasteiger partial charge in [0, 0.05) is 25.3 Å². The zero-order valence-electron chi connectivity index (χ0n) is 13.2. The van der Waals surface area contributed by atoms with Gasteiger partial charge in [-0.3, -0.25) is 9.59 Å². The van der Waals surface area contributed by atoms with Crippen molar-refractivity contribution in [1.82, 2.24) is 10.7 Å². The first-order chi connectivity index (χ1) is 11.7. The minimum absolute atomic E-state index is 0.0782. The Balaban J connectivity index is 1.60. The van der Waals surface area contributed by atoms with Crippen molar-refractivity contribution in [2.45, 2.75) is 25.2 Å². The maximum absolute atomic E-state index is 12.1. The molecule has 1 aromatic heterocycles. The van der Waals surface area contributed by atoms with Crippen LogP contribution < -0.4 is 10.7 Å². The molecule has 1 aromatic carbocycles. The lowest BCUT2D eigenvalue weighted by Crippen LogP contribution is -2.37. The second kappa shape index (κ2) is 7.59. The van der Waals surface area contributed by atoms with E-state index in [1.54, 1.807) is 6.26 Å². The Labute approximate surface area is 139 Å². The fourth-order valence-electron chi connectivity index (χ4n) is 2.72. The average molecular weight is 325 g/mol. The molecule has 0 fully saturated rings. The van der Waals surface area contributed by atoms with Gasteiger partial charge in [0.05, 0.1) is 6.26 Å². The number of carbonyl (C=O) groups is 2.